The Morgan fingerprint density at radius 2 is 2.29 bits per heavy atom. The lowest BCUT2D eigenvalue weighted by molar-refractivity contribution is 0.713. The Morgan fingerprint density at radius 1 is 1.57 bits per heavy atom. The van der Waals surface area contributed by atoms with E-state index in [9.17, 15) is 0 Å². The van der Waals surface area contributed by atoms with Crippen LogP contribution in [-0.2, 0) is 0 Å². The Balaban J connectivity index is 2.42. The fourth-order valence-electron chi connectivity index (χ4n) is 0.823. The number of halogens is 1. The number of hydrogen-bond acceptors (Lipinski definition) is 0. The van der Waals surface area contributed by atoms with Gasteiger partial charge in [0.25, 0.3) is 0 Å². The zero-order valence-corrected chi connectivity index (χ0v) is 5.98. The first-order valence-corrected chi connectivity index (χ1v) is 3.53. The molecule has 1 aliphatic rings. The number of hydrogen-bond donors (Lipinski definition) is 0. The van der Waals surface area contributed by atoms with Gasteiger partial charge in [-0.3, -0.25) is 0 Å². The molecular weight excluding hydrogens is 152 g/mol. The molecule has 7 heavy (non-hydrogen) atoms. The Bertz CT molecular complexity index is 76.2. The molecule has 0 N–H and O–H groups in total. The fourth-order valence-corrected chi connectivity index (χ4v) is 1.59. The van der Waals surface area contributed by atoms with E-state index in [4.69, 9.17) is 0 Å². The van der Waals surface area contributed by atoms with E-state index in [-0.39, 0.29) is 0 Å². The molecule has 0 bridgehead atoms. The van der Waals surface area contributed by atoms with Gasteiger partial charge in [-0.05, 0) is 12.3 Å². The smallest absolute Gasteiger partial charge is 0.0330 e. The van der Waals surface area contributed by atoms with Crippen LogP contribution < -0.4 is 0 Å². The molecule has 1 rings (SSSR count). The summed E-state index contributed by atoms with van der Waals surface area (Å²) >= 11 is 3.49. The van der Waals surface area contributed by atoms with Gasteiger partial charge >= 0.3 is 0 Å². The molecule has 0 radical (unpaired) electrons. The second-order valence-electron chi connectivity index (χ2n) is 2.11. The van der Waals surface area contributed by atoms with Crippen molar-refractivity contribution in [3.63, 3.8) is 0 Å². The van der Waals surface area contributed by atoms with Crippen LogP contribution in [0.5, 0.6) is 0 Å². The molecule has 0 spiro atoms. The highest BCUT2D eigenvalue weighted by atomic mass is 79.9. The maximum Gasteiger partial charge on any atom is 0.0330 e. The minimum absolute atomic E-state index is 0.655. The average molecular weight is 161 g/mol. The Hall–Kier alpha value is 0.220. The van der Waals surface area contributed by atoms with Gasteiger partial charge in [-0.25, -0.2) is 0 Å². The van der Waals surface area contributed by atoms with Gasteiger partial charge in [-0.2, -0.15) is 0 Å². The number of rotatable bonds is 0. The van der Waals surface area contributed by atoms with Gasteiger partial charge in [0.05, 0.1) is 0 Å². The first-order valence-electron chi connectivity index (χ1n) is 2.61. The molecule has 0 unspecified atom stereocenters. The van der Waals surface area contributed by atoms with Crippen LogP contribution in [0, 0.1) is 5.92 Å². The number of alkyl halides is 1. The van der Waals surface area contributed by atoms with Crippen LogP contribution in [0.2, 0.25) is 0 Å². The van der Waals surface area contributed by atoms with E-state index in [1.54, 1.807) is 0 Å². The summed E-state index contributed by atoms with van der Waals surface area (Å²) in [5, 5.41) is 0. The van der Waals surface area contributed by atoms with Crippen molar-refractivity contribution in [2.75, 3.05) is 0 Å². The Kier molecular flexibility index (Phi) is 1.53. The summed E-state index contributed by atoms with van der Waals surface area (Å²) in [5.74, 6) is 0.796. The SMILES string of the molecule is C[C@@H]1C=C[C@H](Br)C1. The van der Waals surface area contributed by atoms with Crippen molar-refractivity contribution >= 4 is 15.9 Å². The van der Waals surface area contributed by atoms with E-state index >= 15 is 0 Å². The molecule has 0 aromatic carbocycles. The third-order valence-corrected chi connectivity index (χ3v) is 1.92. The van der Waals surface area contributed by atoms with Gasteiger partial charge in [0, 0.05) is 4.83 Å². The van der Waals surface area contributed by atoms with Gasteiger partial charge < -0.3 is 0 Å². The third-order valence-electron chi connectivity index (χ3n) is 1.25. The molecule has 0 saturated carbocycles. The predicted molar refractivity (Wildman–Crippen MR) is 35.6 cm³/mol. The summed E-state index contributed by atoms with van der Waals surface area (Å²) < 4.78 is 0. The van der Waals surface area contributed by atoms with Crippen LogP contribution in [0.25, 0.3) is 0 Å². The first-order chi connectivity index (χ1) is 3.29. The molecule has 1 heteroatoms. The molecule has 0 nitrogen and oxygen atoms in total. The Labute approximate surface area is 52.7 Å². The van der Waals surface area contributed by atoms with Crippen LogP contribution in [-0.4, -0.2) is 4.83 Å². The Morgan fingerprint density at radius 3 is 2.43 bits per heavy atom. The summed E-state index contributed by atoms with van der Waals surface area (Å²) in [4.78, 5) is 0.655. The summed E-state index contributed by atoms with van der Waals surface area (Å²) in [6.07, 6.45) is 5.74. The first kappa shape index (κ1) is 5.36. The zero-order chi connectivity index (χ0) is 5.28. The highest BCUT2D eigenvalue weighted by molar-refractivity contribution is 9.09. The fraction of sp³-hybridized carbons (Fsp3) is 0.667. The molecule has 0 heterocycles. The van der Waals surface area contributed by atoms with Gasteiger partial charge in [0.1, 0.15) is 0 Å². The van der Waals surface area contributed by atoms with Crippen molar-refractivity contribution < 1.29 is 0 Å². The molecule has 0 aromatic heterocycles. The van der Waals surface area contributed by atoms with Crippen molar-refractivity contribution in [3.8, 4) is 0 Å². The maximum absolute atomic E-state index is 3.49. The molecule has 0 amide bonds. The van der Waals surface area contributed by atoms with E-state index in [1.807, 2.05) is 0 Å². The molecule has 0 fully saturated rings. The highest BCUT2D eigenvalue weighted by Crippen LogP contribution is 2.22. The van der Waals surface area contributed by atoms with Crippen LogP contribution >= 0.6 is 15.9 Å². The summed E-state index contributed by atoms with van der Waals surface area (Å²) in [6, 6.07) is 0. The molecule has 2 atom stereocenters. The van der Waals surface area contributed by atoms with Gasteiger partial charge in [0.15, 0.2) is 0 Å². The van der Waals surface area contributed by atoms with Crippen LogP contribution in [0.3, 0.4) is 0 Å². The minimum Gasteiger partial charge on any atom is -0.0845 e. The lowest BCUT2D eigenvalue weighted by Gasteiger charge is -1.95. The van der Waals surface area contributed by atoms with E-state index in [0.29, 0.717) is 4.83 Å². The second-order valence-corrected chi connectivity index (χ2v) is 3.29. The molecule has 0 aromatic rings. The average Bonchev–Trinajstić information content (AvgIpc) is 1.87. The monoisotopic (exact) mass is 160 g/mol. The van der Waals surface area contributed by atoms with E-state index in [1.165, 1.54) is 6.42 Å². The lowest BCUT2D eigenvalue weighted by atomic mass is 10.2. The summed E-state index contributed by atoms with van der Waals surface area (Å²) in [6.45, 7) is 2.23. The minimum atomic E-state index is 0.655. The van der Waals surface area contributed by atoms with Gasteiger partial charge in [-0.15, -0.1) is 0 Å². The second kappa shape index (κ2) is 1.99. The molecule has 0 saturated heterocycles. The molecule has 40 valence electrons. The zero-order valence-electron chi connectivity index (χ0n) is 4.39. The summed E-state index contributed by atoms with van der Waals surface area (Å²) in [5.41, 5.74) is 0. The van der Waals surface area contributed by atoms with E-state index in [0.717, 1.165) is 5.92 Å². The van der Waals surface area contributed by atoms with Crippen LogP contribution in [0.15, 0.2) is 12.2 Å². The van der Waals surface area contributed by atoms with Crippen LogP contribution in [0.4, 0.5) is 0 Å². The van der Waals surface area contributed by atoms with Crippen molar-refractivity contribution in [2.45, 2.75) is 18.2 Å². The lowest BCUT2D eigenvalue weighted by Crippen LogP contribution is -1.88. The largest absolute Gasteiger partial charge is 0.0845 e. The van der Waals surface area contributed by atoms with Crippen molar-refractivity contribution in [1.82, 2.24) is 0 Å². The van der Waals surface area contributed by atoms with Gasteiger partial charge in [0.2, 0.25) is 0 Å². The van der Waals surface area contributed by atoms with Crippen molar-refractivity contribution in [2.24, 2.45) is 5.92 Å². The molecular formula is C6H9Br. The third kappa shape index (κ3) is 1.30. The molecule has 1 aliphatic carbocycles. The standard InChI is InChI=1S/C6H9Br/c1-5-2-3-6(7)4-5/h2-3,5-6H,4H2,1H3/t5-,6+/m1/s1. The number of allylic oxidation sites excluding steroid dienone is 2. The predicted octanol–water partition coefficient (Wildman–Crippen LogP) is 2.35. The summed E-state index contributed by atoms with van der Waals surface area (Å²) in [7, 11) is 0. The quantitative estimate of drug-likeness (QED) is 0.377. The van der Waals surface area contributed by atoms with Crippen LogP contribution in [0.1, 0.15) is 13.3 Å². The van der Waals surface area contributed by atoms with Gasteiger partial charge in [-0.1, -0.05) is 35.0 Å². The van der Waals surface area contributed by atoms with E-state index < -0.39 is 0 Å². The normalized spacial score (nSPS) is 39.7. The van der Waals surface area contributed by atoms with Crippen molar-refractivity contribution in [3.05, 3.63) is 12.2 Å². The highest BCUT2D eigenvalue weighted by Gasteiger charge is 2.10. The topological polar surface area (TPSA) is 0 Å². The maximum atomic E-state index is 3.49. The molecule has 0 aliphatic heterocycles. The van der Waals surface area contributed by atoms with E-state index in [2.05, 4.69) is 35.0 Å². The van der Waals surface area contributed by atoms with Crippen molar-refractivity contribution in [1.29, 1.82) is 0 Å².